The van der Waals surface area contributed by atoms with Gasteiger partial charge in [-0.25, -0.2) is 0 Å². The van der Waals surface area contributed by atoms with Crippen LogP contribution in [-0.2, 0) is 9.22 Å². The van der Waals surface area contributed by atoms with Gasteiger partial charge >= 0.3 is 0 Å². The van der Waals surface area contributed by atoms with Crippen molar-refractivity contribution in [3.63, 3.8) is 0 Å². The van der Waals surface area contributed by atoms with Gasteiger partial charge in [-0.2, -0.15) is 0 Å². The molecule has 116 valence electrons. The molecule has 0 saturated heterocycles. The minimum atomic E-state index is -1.82. The molecule has 1 fully saturated rings. The lowest BCUT2D eigenvalue weighted by Gasteiger charge is -2.39. The molecule has 3 heteroatoms. The van der Waals surface area contributed by atoms with Gasteiger partial charge in [0.05, 0.1) is 6.10 Å². The van der Waals surface area contributed by atoms with Crippen LogP contribution in [0.1, 0.15) is 45.6 Å². The molecule has 3 atom stereocenters. The maximum atomic E-state index is 12.5. The van der Waals surface area contributed by atoms with E-state index in [0.717, 1.165) is 5.56 Å². The Bertz CT molecular complexity index is 502. The maximum Gasteiger partial charge on any atom is 0.192 e. The van der Waals surface area contributed by atoms with Crippen LogP contribution in [-0.4, -0.2) is 20.2 Å². The normalized spacial score (nSPS) is 27.1. The second kappa shape index (κ2) is 5.69. The zero-order valence-electron chi connectivity index (χ0n) is 14.1. The zero-order chi connectivity index (χ0) is 15.8. The van der Waals surface area contributed by atoms with Gasteiger partial charge in [0.2, 0.25) is 0 Å². The van der Waals surface area contributed by atoms with Gasteiger partial charge in [0.25, 0.3) is 0 Å². The molecule has 1 aromatic rings. The van der Waals surface area contributed by atoms with E-state index in [1.807, 2.05) is 18.2 Å². The van der Waals surface area contributed by atoms with E-state index >= 15 is 0 Å². The van der Waals surface area contributed by atoms with Crippen molar-refractivity contribution in [3.05, 3.63) is 35.9 Å². The molecule has 0 bridgehead atoms. The summed E-state index contributed by atoms with van der Waals surface area (Å²) in [5, 5.41) is 0.181. The van der Waals surface area contributed by atoms with Crippen molar-refractivity contribution in [2.45, 2.75) is 64.3 Å². The van der Waals surface area contributed by atoms with Crippen LogP contribution < -0.4 is 0 Å². The predicted molar refractivity (Wildman–Crippen MR) is 90.0 cm³/mol. The summed E-state index contributed by atoms with van der Waals surface area (Å²) in [5.41, 5.74) is 1.14. The van der Waals surface area contributed by atoms with E-state index in [2.05, 4.69) is 52.9 Å². The third-order valence-corrected chi connectivity index (χ3v) is 9.78. The van der Waals surface area contributed by atoms with Crippen LogP contribution >= 0.6 is 0 Å². The first-order valence-electron chi connectivity index (χ1n) is 7.89. The van der Waals surface area contributed by atoms with Gasteiger partial charge in [-0.15, -0.1) is 0 Å². The number of carbonyl (C=O) groups excluding carboxylic acids is 1. The SMILES string of the molecule is C[C@@H]1[C@H](O[Si](C)(C)C(C)(C)C)CC(=O)[C@H]1c1ccccc1. The van der Waals surface area contributed by atoms with Crippen molar-refractivity contribution in [3.8, 4) is 0 Å². The Morgan fingerprint density at radius 1 is 1.14 bits per heavy atom. The molecule has 1 aliphatic carbocycles. The standard InChI is InChI=1S/C18H28O2Si/c1-13-16(20-21(5,6)18(2,3)4)12-15(19)17(13)14-10-8-7-9-11-14/h7-11,13,16-17H,12H2,1-6H3/t13-,16-,17-/m1/s1. The van der Waals surface area contributed by atoms with E-state index in [1.54, 1.807) is 0 Å². The molecule has 0 spiro atoms. The largest absolute Gasteiger partial charge is 0.413 e. The molecule has 2 nitrogen and oxygen atoms in total. The summed E-state index contributed by atoms with van der Waals surface area (Å²) in [5.74, 6) is 0.590. The van der Waals surface area contributed by atoms with Crippen LogP contribution in [0.3, 0.4) is 0 Å². The third kappa shape index (κ3) is 3.29. The molecule has 0 heterocycles. The molecule has 2 rings (SSSR count). The summed E-state index contributed by atoms with van der Waals surface area (Å²) in [6, 6.07) is 10.1. The molecule has 1 saturated carbocycles. The van der Waals surface area contributed by atoms with Crippen LogP contribution in [0, 0.1) is 5.92 Å². The monoisotopic (exact) mass is 304 g/mol. The van der Waals surface area contributed by atoms with Crippen LogP contribution in [0.4, 0.5) is 0 Å². The van der Waals surface area contributed by atoms with Gasteiger partial charge in [0.15, 0.2) is 8.32 Å². The first-order chi connectivity index (χ1) is 9.63. The quantitative estimate of drug-likeness (QED) is 0.752. The van der Waals surface area contributed by atoms with Gasteiger partial charge in [-0.1, -0.05) is 58.0 Å². The summed E-state index contributed by atoms with van der Waals surface area (Å²) in [7, 11) is -1.82. The van der Waals surface area contributed by atoms with Crippen molar-refractivity contribution < 1.29 is 9.22 Å². The number of carbonyl (C=O) groups is 1. The molecule has 0 unspecified atom stereocenters. The fourth-order valence-electron chi connectivity index (χ4n) is 2.87. The second-order valence-corrected chi connectivity index (χ2v) is 12.6. The highest BCUT2D eigenvalue weighted by Crippen LogP contribution is 2.43. The van der Waals surface area contributed by atoms with Crippen molar-refractivity contribution in [2.75, 3.05) is 0 Å². The van der Waals surface area contributed by atoms with E-state index in [4.69, 9.17) is 4.43 Å². The molecule has 21 heavy (non-hydrogen) atoms. The Morgan fingerprint density at radius 2 is 1.71 bits per heavy atom. The molecule has 0 radical (unpaired) electrons. The third-order valence-electron chi connectivity index (χ3n) is 5.27. The number of benzene rings is 1. The Kier molecular flexibility index (Phi) is 4.46. The summed E-state index contributed by atoms with van der Waals surface area (Å²) >= 11 is 0. The lowest BCUT2D eigenvalue weighted by atomic mass is 9.89. The van der Waals surface area contributed by atoms with Crippen LogP contribution in [0.25, 0.3) is 0 Å². The average molecular weight is 305 g/mol. The fourth-order valence-corrected chi connectivity index (χ4v) is 4.28. The Morgan fingerprint density at radius 3 is 2.24 bits per heavy atom. The number of rotatable bonds is 3. The number of Topliss-reactive ketones (excluding diaryl/α,β-unsaturated/α-hetero) is 1. The van der Waals surface area contributed by atoms with Crippen molar-refractivity contribution in [1.82, 2.24) is 0 Å². The molecular weight excluding hydrogens is 276 g/mol. The predicted octanol–water partition coefficient (Wildman–Crippen LogP) is 4.77. The maximum absolute atomic E-state index is 12.5. The number of hydrogen-bond acceptors (Lipinski definition) is 2. The van der Waals surface area contributed by atoms with Crippen molar-refractivity contribution in [2.24, 2.45) is 5.92 Å². The molecule has 1 aliphatic rings. The summed E-state index contributed by atoms with van der Waals surface area (Å²) in [4.78, 5) is 12.5. The van der Waals surface area contributed by atoms with E-state index in [1.165, 1.54) is 0 Å². The topological polar surface area (TPSA) is 26.3 Å². The van der Waals surface area contributed by atoms with Crippen molar-refractivity contribution in [1.29, 1.82) is 0 Å². The highest BCUT2D eigenvalue weighted by atomic mass is 28.4. The van der Waals surface area contributed by atoms with Gasteiger partial charge in [0, 0.05) is 12.3 Å². The van der Waals surface area contributed by atoms with Crippen LogP contribution in [0.5, 0.6) is 0 Å². The molecule has 0 amide bonds. The summed E-state index contributed by atoms with van der Waals surface area (Å²) in [6.07, 6.45) is 0.636. The van der Waals surface area contributed by atoms with E-state index in [0.29, 0.717) is 12.2 Å². The first-order valence-corrected chi connectivity index (χ1v) is 10.8. The minimum Gasteiger partial charge on any atom is -0.413 e. The number of hydrogen-bond donors (Lipinski definition) is 0. The Hall–Kier alpha value is -0.933. The number of ketones is 1. The summed E-state index contributed by atoms with van der Waals surface area (Å²) < 4.78 is 6.52. The van der Waals surface area contributed by atoms with E-state index in [-0.39, 0.29) is 23.0 Å². The van der Waals surface area contributed by atoms with Gasteiger partial charge in [-0.3, -0.25) is 4.79 Å². The average Bonchev–Trinajstić information content (AvgIpc) is 2.63. The van der Waals surface area contributed by atoms with Gasteiger partial charge in [0.1, 0.15) is 5.78 Å². The smallest absolute Gasteiger partial charge is 0.192 e. The molecule has 1 aromatic carbocycles. The minimum absolute atomic E-state index is 0.000897. The summed E-state index contributed by atoms with van der Waals surface area (Å²) in [6.45, 7) is 13.4. The van der Waals surface area contributed by atoms with Gasteiger partial charge in [-0.05, 0) is 29.6 Å². The Balaban J connectivity index is 2.18. The molecule has 0 N–H and O–H groups in total. The molecular formula is C18H28O2Si. The van der Waals surface area contributed by atoms with Crippen LogP contribution in [0.2, 0.25) is 18.1 Å². The van der Waals surface area contributed by atoms with E-state index < -0.39 is 8.32 Å². The zero-order valence-corrected chi connectivity index (χ0v) is 15.1. The van der Waals surface area contributed by atoms with Gasteiger partial charge < -0.3 is 4.43 Å². The lowest BCUT2D eigenvalue weighted by molar-refractivity contribution is -0.119. The highest BCUT2D eigenvalue weighted by molar-refractivity contribution is 6.74. The van der Waals surface area contributed by atoms with E-state index in [9.17, 15) is 4.79 Å². The first kappa shape index (κ1) is 16.4. The fraction of sp³-hybridized carbons (Fsp3) is 0.611. The molecule has 0 aliphatic heterocycles. The molecule has 0 aromatic heterocycles. The second-order valence-electron chi connectivity index (χ2n) is 7.83. The Labute approximate surface area is 130 Å². The van der Waals surface area contributed by atoms with Crippen LogP contribution in [0.15, 0.2) is 30.3 Å². The van der Waals surface area contributed by atoms with Crippen molar-refractivity contribution >= 4 is 14.1 Å². The highest BCUT2D eigenvalue weighted by Gasteiger charge is 2.46. The lowest BCUT2D eigenvalue weighted by Crippen LogP contribution is -2.44.